The first-order valence-electron chi connectivity index (χ1n) is 5.53. The summed E-state index contributed by atoms with van der Waals surface area (Å²) in [5, 5.41) is 7.57. The van der Waals surface area contributed by atoms with Gasteiger partial charge in [0.2, 0.25) is 0 Å². The molecule has 0 aromatic carbocycles. The summed E-state index contributed by atoms with van der Waals surface area (Å²) in [4.78, 5) is 0. The Morgan fingerprint density at radius 2 is 2.44 bits per heavy atom. The van der Waals surface area contributed by atoms with E-state index < -0.39 is 0 Å². The van der Waals surface area contributed by atoms with Crippen molar-refractivity contribution in [2.24, 2.45) is 7.05 Å². The lowest BCUT2D eigenvalue weighted by Crippen LogP contribution is -2.35. The van der Waals surface area contributed by atoms with E-state index in [4.69, 9.17) is 16.3 Å². The minimum Gasteiger partial charge on any atom is -0.383 e. The van der Waals surface area contributed by atoms with Gasteiger partial charge in [-0.2, -0.15) is 5.10 Å². The van der Waals surface area contributed by atoms with Crippen LogP contribution in [-0.4, -0.2) is 42.0 Å². The average Bonchev–Trinajstić information content (AvgIpc) is 2.65. The lowest BCUT2D eigenvalue weighted by molar-refractivity contribution is 0.165. The molecule has 1 atom stereocenters. The quantitative estimate of drug-likeness (QED) is 0.700. The molecule has 1 N–H and O–H groups in total. The number of halogens is 1. The molecule has 0 radical (unpaired) electrons. The summed E-state index contributed by atoms with van der Waals surface area (Å²) in [6, 6.07) is 2.38. The molecule has 1 unspecified atom stereocenters. The van der Waals surface area contributed by atoms with Crippen molar-refractivity contribution in [3.8, 4) is 0 Å². The summed E-state index contributed by atoms with van der Waals surface area (Å²) in [5.41, 5.74) is 1.23. The molecule has 1 rings (SSSR count). The zero-order chi connectivity index (χ0) is 11.8. The highest BCUT2D eigenvalue weighted by Gasteiger charge is 2.07. The fraction of sp³-hybridized carbons (Fsp3) is 0.727. The van der Waals surface area contributed by atoms with Gasteiger partial charge in [0.15, 0.2) is 0 Å². The van der Waals surface area contributed by atoms with Crippen LogP contribution in [0.4, 0.5) is 0 Å². The van der Waals surface area contributed by atoms with Gasteiger partial charge >= 0.3 is 0 Å². The number of nitrogens with zero attached hydrogens (tertiary/aromatic N) is 2. The molecular weight excluding hydrogens is 226 g/mol. The summed E-state index contributed by atoms with van der Waals surface area (Å²) >= 11 is 5.73. The Bertz CT molecular complexity index is 285. The molecule has 0 bridgehead atoms. The van der Waals surface area contributed by atoms with Crippen LogP contribution < -0.4 is 5.32 Å². The van der Waals surface area contributed by atoms with Gasteiger partial charge < -0.3 is 10.1 Å². The van der Waals surface area contributed by atoms with Gasteiger partial charge in [0.1, 0.15) is 0 Å². The molecule has 0 aliphatic carbocycles. The van der Waals surface area contributed by atoms with Crippen molar-refractivity contribution < 1.29 is 4.74 Å². The number of alkyl halides is 1. The van der Waals surface area contributed by atoms with E-state index in [0.717, 1.165) is 19.4 Å². The number of aromatic nitrogens is 2. The number of aryl methyl sites for hydroxylation is 1. The van der Waals surface area contributed by atoms with Crippen LogP contribution in [0.1, 0.15) is 12.1 Å². The van der Waals surface area contributed by atoms with Crippen LogP contribution in [0.25, 0.3) is 0 Å². The number of hydrogen-bond acceptors (Lipinski definition) is 3. The third-order valence-corrected chi connectivity index (χ3v) is 2.78. The Hall–Kier alpha value is -0.580. The van der Waals surface area contributed by atoms with Crippen molar-refractivity contribution in [1.82, 2.24) is 15.1 Å². The van der Waals surface area contributed by atoms with E-state index in [-0.39, 0.29) is 0 Å². The Kier molecular flexibility index (Phi) is 6.45. The second-order valence-corrected chi connectivity index (χ2v) is 4.16. The van der Waals surface area contributed by atoms with Gasteiger partial charge in [-0.05, 0) is 12.5 Å². The van der Waals surface area contributed by atoms with Gasteiger partial charge in [-0.3, -0.25) is 4.68 Å². The molecule has 16 heavy (non-hydrogen) atoms. The standard InChI is InChI=1S/C11H20ClN3O/c1-15-11(5-8-14-15)4-7-13-10(3-6-12)9-16-2/h5,8,10,13H,3-4,6-7,9H2,1-2H3. The van der Waals surface area contributed by atoms with E-state index in [1.54, 1.807) is 7.11 Å². The maximum absolute atomic E-state index is 5.73. The number of rotatable bonds is 8. The highest BCUT2D eigenvalue weighted by atomic mass is 35.5. The smallest absolute Gasteiger partial charge is 0.0616 e. The van der Waals surface area contributed by atoms with E-state index in [1.165, 1.54) is 5.69 Å². The van der Waals surface area contributed by atoms with Crippen LogP contribution in [0.5, 0.6) is 0 Å². The summed E-state index contributed by atoms with van der Waals surface area (Å²) in [5.74, 6) is 0.659. The average molecular weight is 246 g/mol. The number of ether oxygens (including phenoxy) is 1. The Morgan fingerprint density at radius 1 is 1.62 bits per heavy atom. The molecule has 0 aliphatic heterocycles. The Balaban J connectivity index is 2.24. The van der Waals surface area contributed by atoms with E-state index in [2.05, 4.69) is 10.4 Å². The van der Waals surface area contributed by atoms with Gasteiger partial charge in [-0.25, -0.2) is 0 Å². The van der Waals surface area contributed by atoms with Crippen LogP contribution in [0.2, 0.25) is 0 Å². The molecule has 0 saturated heterocycles. The third-order valence-electron chi connectivity index (χ3n) is 2.56. The third kappa shape index (κ3) is 4.51. The largest absolute Gasteiger partial charge is 0.383 e. The SMILES string of the molecule is COCC(CCCl)NCCc1ccnn1C. The predicted molar refractivity (Wildman–Crippen MR) is 65.9 cm³/mol. The van der Waals surface area contributed by atoms with E-state index in [9.17, 15) is 0 Å². The molecule has 0 fully saturated rings. The summed E-state index contributed by atoms with van der Waals surface area (Å²) in [7, 11) is 3.67. The Labute approximate surface area is 102 Å². The van der Waals surface area contributed by atoms with Gasteiger partial charge in [-0.1, -0.05) is 0 Å². The van der Waals surface area contributed by atoms with Crippen molar-refractivity contribution in [3.63, 3.8) is 0 Å². The highest BCUT2D eigenvalue weighted by molar-refractivity contribution is 6.17. The van der Waals surface area contributed by atoms with Crippen molar-refractivity contribution in [2.75, 3.05) is 26.1 Å². The minimum absolute atomic E-state index is 0.343. The second-order valence-electron chi connectivity index (χ2n) is 3.78. The number of hydrogen-bond donors (Lipinski definition) is 1. The summed E-state index contributed by atoms with van der Waals surface area (Å²) < 4.78 is 7.03. The normalized spacial score (nSPS) is 12.9. The lowest BCUT2D eigenvalue weighted by Gasteiger charge is -2.16. The first-order valence-corrected chi connectivity index (χ1v) is 6.06. The molecule has 1 aromatic rings. The fourth-order valence-electron chi connectivity index (χ4n) is 1.63. The van der Waals surface area contributed by atoms with E-state index in [0.29, 0.717) is 18.5 Å². The molecule has 92 valence electrons. The first-order chi connectivity index (χ1) is 7.77. The van der Waals surface area contributed by atoms with Crippen molar-refractivity contribution in [1.29, 1.82) is 0 Å². The zero-order valence-electron chi connectivity index (χ0n) is 9.95. The molecule has 0 amide bonds. The van der Waals surface area contributed by atoms with Crippen LogP contribution in [0.3, 0.4) is 0 Å². The van der Waals surface area contributed by atoms with Crippen molar-refractivity contribution in [2.45, 2.75) is 18.9 Å². The van der Waals surface area contributed by atoms with Gasteiger partial charge in [0.25, 0.3) is 0 Å². The molecule has 0 spiro atoms. The molecule has 1 aromatic heterocycles. The monoisotopic (exact) mass is 245 g/mol. The molecule has 1 heterocycles. The predicted octanol–water partition coefficient (Wildman–Crippen LogP) is 1.20. The molecule has 5 heteroatoms. The van der Waals surface area contributed by atoms with Gasteiger partial charge in [0, 0.05) is 50.9 Å². The summed E-state index contributed by atoms with van der Waals surface area (Å²) in [6.45, 7) is 1.63. The molecule has 4 nitrogen and oxygen atoms in total. The van der Waals surface area contributed by atoms with Crippen LogP contribution in [0, 0.1) is 0 Å². The Morgan fingerprint density at radius 3 is 3.00 bits per heavy atom. The number of methoxy groups -OCH3 is 1. The zero-order valence-corrected chi connectivity index (χ0v) is 10.7. The number of nitrogens with one attached hydrogen (secondary N) is 1. The van der Waals surface area contributed by atoms with Crippen LogP contribution >= 0.6 is 11.6 Å². The van der Waals surface area contributed by atoms with Gasteiger partial charge in [-0.15, -0.1) is 11.6 Å². The van der Waals surface area contributed by atoms with Crippen molar-refractivity contribution >= 4 is 11.6 Å². The highest BCUT2D eigenvalue weighted by Crippen LogP contribution is 1.99. The molecular formula is C11H20ClN3O. The van der Waals surface area contributed by atoms with Gasteiger partial charge in [0.05, 0.1) is 6.61 Å². The van der Waals surface area contributed by atoms with Crippen LogP contribution in [-0.2, 0) is 18.2 Å². The van der Waals surface area contributed by atoms with Crippen LogP contribution in [0.15, 0.2) is 12.3 Å². The minimum atomic E-state index is 0.343. The topological polar surface area (TPSA) is 39.1 Å². The van der Waals surface area contributed by atoms with E-state index in [1.807, 2.05) is 24.0 Å². The molecule has 0 saturated carbocycles. The maximum atomic E-state index is 5.73. The first kappa shape index (κ1) is 13.5. The van der Waals surface area contributed by atoms with Crippen molar-refractivity contribution in [3.05, 3.63) is 18.0 Å². The maximum Gasteiger partial charge on any atom is 0.0616 e. The fourth-order valence-corrected chi connectivity index (χ4v) is 1.89. The van der Waals surface area contributed by atoms with E-state index >= 15 is 0 Å². The molecule has 0 aliphatic rings. The lowest BCUT2D eigenvalue weighted by atomic mass is 10.2. The second kappa shape index (κ2) is 7.65. The summed E-state index contributed by atoms with van der Waals surface area (Å²) in [6.07, 6.45) is 3.72.